The highest BCUT2D eigenvalue weighted by Gasteiger charge is 2.28. The molecule has 27 heavy (non-hydrogen) atoms. The molecular weight excluding hydrogens is 338 g/mol. The number of aryl methyl sites for hydroxylation is 1. The molecule has 0 aliphatic carbocycles. The van der Waals surface area contributed by atoms with Crippen LogP contribution in [-0.2, 0) is 7.05 Å². The zero-order chi connectivity index (χ0) is 19.0. The van der Waals surface area contributed by atoms with Crippen LogP contribution in [0.15, 0.2) is 55.1 Å². The largest absolute Gasteiger partial charge is 0.362 e. The molecule has 0 fully saturated rings. The second-order valence-corrected chi connectivity index (χ2v) is 7.76. The highest BCUT2D eigenvalue weighted by atomic mass is 15.4. The van der Waals surface area contributed by atoms with Crippen LogP contribution in [0.2, 0.25) is 0 Å². The molecule has 0 saturated carbocycles. The average Bonchev–Trinajstić information content (AvgIpc) is 3.28. The number of nitrogens with one attached hydrogen (secondary N) is 1. The van der Waals surface area contributed by atoms with Gasteiger partial charge in [-0.25, -0.2) is 4.98 Å². The Bertz CT molecular complexity index is 1060. The van der Waals surface area contributed by atoms with Gasteiger partial charge in [0.15, 0.2) is 0 Å². The minimum atomic E-state index is -0.0356. The molecule has 0 aliphatic heterocycles. The fourth-order valence-electron chi connectivity index (χ4n) is 3.21. The molecule has 0 unspecified atom stereocenters. The summed E-state index contributed by atoms with van der Waals surface area (Å²) in [6.07, 6.45) is 5.47. The van der Waals surface area contributed by atoms with Crippen molar-refractivity contribution in [3.63, 3.8) is 0 Å². The molecular formula is C20H23N7. The van der Waals surface area contributed by atoms with Gasteiger partial charge in [0.1, 0.15) is 12.1 Å². The Labute approximate surface area is 158 Å². The summed E-state index contributed by atoms with van der Waals surface area (Å²) in [4.78, 5) is 8.94. The highest BCUT2D eigenvalue weighted by molar-refractivity contribution is 5.65. The van der Waals surface area contributed by atoms with Crippen LogP contribution in [-0.4, -0.2) is 29.4 Å². The van der Waals surface area contributed by atoms with Crippen molar-refractivity contribution in [2.75, 3.05) is 5.32 Å². The zero-order valence-corrected chi connectivity index (χ0v) is 16.0. The molecule has 0 aliphatic rings. The van der Waals surface area contributed by atoms with E-state index in [1.807, 2.05) is 60.5 Å². The summed E-state index contributed by atoms with van der Waals surface area (Å²) in [6, 6.07) is 12.2. The number of nitrogens with zero attached hydrogens (tertiary/aromatic N) is 6. The van der Waals surface area contributed by atoms with Crippen LogP contribution in [0, 0.1) is 5.41 Å². The minimum absolute atomic E-state index is 0.0356. The van der Waals surface area contributed by atoms with Gasteiger partial charge in [0.25, 0.3) is 5.78 Å². The second-order valence-electron chi connectivity index (χ2n) is 7.76. The number of hydrogen-bond acceptors (Lipinski definition) is 5. The van der Waals surface area contributed by atoms with E-state index in [2.05, 4.69) is 46.3 Å². The summed E-state index contributed by atoms with van der Waals surface area (Å²) < 4.78 is 3.56. The lowest BCUT2D eigenvalue weighted by atomic mass is 9.83. The number of aromatic nitrogens is 6. The van der Waals surface area contributed by atoms with Crippen LogP contribution in [0.3, 0.4) is 0 Å². The average molecular weight is 361 g/mol. The third-order valence-electron chi connectivity index (χ3n) is 4.54. The Morgan fingerprint density at radius 3 is 2.52 bits per heavy atom. The molecule has 3 aromatic heterocycles. The van der Waals surface area contributed by atoms with E-state index >= 15 is 0 Å². The van der Waals surface area contributed by atoms with E-state index in [9.17, 15) is 0 Å². The van der Waals surface area contributed by atoms with Gasteiger partial charge < -0.3 is 5.32 Å². The number of hydrogen-bond donors (Lipinski definition) is 1. The second kappa shape index (κ2) is 6.50. The van der Waals surface area contributed by atoms with E-state index < -0.39 is 0 Å². The minimum Gasteiger partial charge on any atom is -0.362 e. The topological polar surface area (TPSA) is 72.9 Å². The van der Waals surface area contributed by atoms with E-state index in [1.54, 1.807) is 4.52 Å². The van der Waals surface area contributed by atoms with E-state index in [1.165, 1.54) is 6.33 Å². The lowest BCUT2D eigenvalue weighted by Crippen LogP contribution is -2.26. The standard InChI is InChI=1S/C20H23N7/c1-20(2,3)18(15-11-22-26(4)12-15)25-17-10-16(14-8-6-5-7-9-14)24-19-21-13-23-27(17)19/h5-13,18,25H,1-4H3/t18-/m0/s1. The van der Waals surface area contributed by atoms with Gasteiger partial charge in [-0.1, -0.05) is 51.1 Å². The van der Waals surface area contributed by atoms with Gasteiger partial charge in [-0.3, -0.25) is 4.68 Å². The van der Waals surface area contributed by atoms with Gasteiger partial charge in [-0.2, -0.15) is 19.7 Å². The predicted octanol–water partition coefficient (Wildman–Crippen LogP) is 3.72. The third-order valence-corrected chi connectivity index (χ3v) is 4.54. The van der Waals surface area contributed by atoms with Crippen molar-refractivity contribution in [1.82, 2.24) is 29.4 Å². The van der Waals surface area contributed by atoms with Gasteiger partial charge in [0, 0.05) is 30.4 Å². The molecule has 4 rings (SSSR count). The molecule has 4 aromatic rings. The summed E-state index contributed by atoms with van der Waals surface area (Å²) in [5.41, 5.74) is 2.99. The maximum atomic E-state index is 4.65. The van der Waals surface area contributed by atoms with Crippen LogP contribution in [0.4, 0.5) is 5.82 Å². The SMILES string of the molecule is Cn1cc([C@H](Nc2cc(-c3ccccc3)nc3ncnn23)C(C)(C)C)cn1. The molecule has 0 radical (unpaired) electrons. The van der Waals surface area contributed by atoms with Gasteiger partial charge in [-0.05, 0) is 5.41 Å². The van der Waals surface area contributed by atoms with Gasteiger partial charge >= 0.3 is 0 Å². The third kappa shape index (κ3) is 3.40. The Hall–Kier alpha value is -3.22. The van der Waals surface area contributed by atoms with E-state index in [0.29, 0.717) is 5.78 Å². The quantitative estimate of drug-likeness (QED) is 0.600. The molecule has 3 heterocycles. The van der Waals surface area contributed by atoms with E-state index in [-0.39, 0.29) is 11.5 Å². The molecule has 7 heteroatoms. The van der Waals surface area contributed by atoms with Crippen molar-refractivity contribution < 1.29 is 0 Å². The summed E-state index contributed by atoms with van der Waals surface area (Å²) in [5.74, 6) is 1.41. The first kappa shape index (κ1) is 17.2. The molecule has 0 spiro atoms. The molecule has 0 bridgehead atoms. The molecule has 0 saturated heterocycles. The highest BCUT2D eigenvalue weighted by Crippen LogP contribution is 2.36. The van der Waals surface area contributed by atoms with E-state index in [0.717, 1.165) is 22.6 Å². The van der Waals surface area contributed by atoms with Crippen molar-refractivity contribution in [2.24, 2.45) is 12.5 Å². The first-order valence-corrected chi connectivity index (χ1v) is 8.93. The van der Waals surface area contributed by atoms with Crippen molar-refractivity contribution in [2.45, 2.75) is 26.8 Å². The predicted molar refractivity (Wildman–Crippen MR) is 105 cm³/mol. The lowest BCUT2D eigenvalue weighted by molar-refractivity contribution is 0.346. The smallest absolute Gasteiger partial charge is 0.254 e. The van der Waals surface area contributed by atoms with Crippen molar-refractivity contribution in [3.8, 4) is 11.3 Å². The van der Waals surface area contributed by atoms with Crippen molar-refractivity contribution in [3.05, 3.63) is 60.7 Å². The Balaban J connectivity index is 1.81. The van der Waals surface area contributed by atoms with Gasteiger partial charge in [0.05, 0.1) is 17.9 Å². The molecule has 1 atom stereocenters. The first-order chi connectivity index (χ1) is 12.9. The lowest BCUT2D eigenvalue weighted by Gasteiger charge is -2.31. The number of fused-ring (bicyclic) bond motifs is 1. The van der Waals surface area contributed by atoms with E-state index in [4.69, 9.17) is 0 Å². The van der Waals surface area contributed by atoms with Crippen molar-refractivity contribution in [1.29, 1.82) is 0 Å². The molecule has 1 N–H and O–H groups in total. The first-order valence-electron chi connectivity index (χ1n) is 8.93. The zero-order valence-electron chi connectivity index (χ0n) is 16.0. The fraction of sp³-hybridized carbons (Fsp3) is 0.300. The molecule has 138 valence electrons. The van der Waals surface area contributed by atoms with Gasteiger partial charge in [-0.15, -0.1) is 0 Å². The monoisotopic (exact) mass is 361 g/mol. The van der Waals surface area contributed by atoms with Crippen LogP contribution < -0.4 is 5.32 Å². The number of anilines is 1. The Morgan fingerprint density at radius 2 is 1.85 bits per heavy atom. The molecule has 1 aromatic carbocycles. The summed E-state index contributed by atoms with van der Waals surface area (Å²) in [6.45, 7) is 6.61. The summed E-state index contributed by atoms with van der Waals surface area (Å²) in [7, 11) is 1.93. The van der Waals surface area contributed by atoms with Crippen molar-refractivity contribution >= 4 is 11.6 Å². The fourth-order valence-corrected chi connectivity index (χ4v) is 3.21. The van der Waals surface area contributed by atoms with Crippen LogP contribution in [0.5, 0.6) is 0 Å². The number of benzene rings is 1. The summed E-state index contributed by atoms with van der Waals surface area (Å²) in [5, 5.41) is 12.3. The Morgan fingerprint density at radius 1 is 1.07 bits per heavy atom. The van der Waals surface area contributed by atoms with Crippen LogP contribution >= 0.6 is 0 Å². The maximum absolute atomic E-state index is 4.65. The molecule has 0 amide bonds. The maximum Gasteiger partial charge on any atom is 0.254 e. The van der Waals surface area contributed by atoms with Crippen LogP contribution in [0.25, 0.3) is 17.0 Å². The normalized spacial score (nSPS) is 13.0. The summed E-state index contributed by atoms with van der Waals surface area (Å²) >= 11 is 0. The number of rotatable bonds is 4. The van der Waals surface area contributed by atoms with Gasteiger partial charge in [0.2, 0.25) is 0 Å². The molecule has 7 nitrogen and oxygen atoms in total. The Kier molecular flexibility index (Phi) is 4.14. The van der Waals surface area contributed by atoms with Crippen LogP contribution in [0.1, 0.15) is 32.4 Å².